The Bertz CT molecular complexity index is 581. The van der Waals surface area contributed by atoms with E-state index in [-0.39, 0.29) is 4.71 Å². The molecule has 2 aromatic rings. The zero-order valence-corrected chi connectivity index (χ0v) is 15.9. The van der Waals surface area contributed by atoms with E-state index < -0.39 is 19.6 Å². The Balaban J connectivity index is 2.58. The van der Waals surface area contributed by atoms with Gasteiger partial charge in [-0.25, -0.2) is 0 Å². The molecule has 124 valence electrons. The molecule has 23 heavy (non-hydrogen) atoms. The molecule has 0 spiro atoms. The molecule has 0 saturated heterocycles. The van der Waals surface area contributed by atoms with Crippen LogP contribution in [0.2, 0.25) is 4.71 Å². The van der Waals surface area contributed by atoms with Crippen LogP contribution in [0.5, 0.6) is 0 Å². The molecule has 0 aromatic heterocycles. The van der Waals surface area contributed by atoms with Crippen LogP contribution in [0.3, 0.4) is 0 Å². The summed E-state index contributed by atoms with van der Waals surface area (Å²) in [6, 6.07) is 19.6. The molecule has 2 rings (SSSR count). The van der Waals surface area contributed by atoms with Gasteiger partial charge in [-0.2, -0.15) is 0 Å². The summed E-state index contributed by atoms with van der Waals surface area (Å²) in [5.74, 6) is 0. The van der Waals surface area contributed by atoms with Gasteiger partial charge in [-0.3, -0.25) is 0 Å². The Morgan fingerprint density at radius 3 is 1.65 bits per heavy atom. The second-order valence-electron chi connectivity index (χ2n) is 6.04. The minimum atomic E-state index is -3.69. The van der Waals surface area contributed by atoms with Crippen molar-refractivity contribution in [3.05, 3.63) is 60.7 Å². The van der Waals surface area contributed by atoms with Crippen LogP contribution in [0.1, 0.15) is 39.5 Å². The SMILES string of the molecule is CCCC(O)C(CCC)[As](=O)(c1ccccc1)c1ccccc1. The van der Waals surface area contributed by atoms with Crippen molar-refractivity contribution in [1.82, 2.24) is 0 Å². The van der Waals surface area contributed by atoms with Crippen molar-refractivity contribution < 1.29 is 8.85 Å². The fourth-order valence-corrected chi connectivity index (χ4v) is 10.7. The summed E-state index contributed by atoms with van der Waals surface area (Å²) in [5, 5.41) is 10.7. The minimum absolute atomic E-state index is 0.164. The summed E-state index contributed by atoms with van der Waals surface area (Å²) in [4.78, 5) is 0. The summed E-state index contributed by atoms with van der Waals surface area (Å²) in [7, 11) is 0. The zero-order valence-electron chi connectivity index (χ0n) is 14.1. The second kappa shape index (κ2) is 8.57. The first-order chi connectivity index (χ1) is 11.1. The zero-order chi connectivity index (χ0) is 16.7. The van der Waals surface area contributed by atoms with Gasteiger partial charge < -0.3 is 0 Å². The van der Waals surface area contributed by atoms with Gasteiger partial charge in [-0.05, 0) is 0 Å². The van der Waals surface area contributed by atoms with E-state index in [0.29, 0.717) is 6.42 Å². The van der Waals surface area contributed by atoms with E-state index in [4.69, 9.17) is 0 Å². The Morgan fingerprint density at radius 1 is 0.826 bits per heavy atom. The number of rotatable bonds is 8. The second-order valence-corrected chi connectivity index (χ2v) is 12.4. The Kier molecular flexibility index (Phi) is 6.74. The number of aliphatic hydroxyl groups excluding tert-OH is 1. The standard InChI is InChI=1S/C20H27AsO2/c1-3-11-19(20(22)12-4-2)21(23,17-13-7-5-8-14-17)18-15-9-6-10-16-18/h5-10,13-16,19-20,22H,3-4,11-12H2,1-2H3. The van der Waals surface area contributed by atoms with E-state index in [2.05, 4.69) is 13.8 Å². The molecule has 2 nitrogen and oxygen atoms in total. The van der Waals surface area contributed by atoms with E-state index in [1.807, 2.05) is 60.7 Å². The topological polar surface area (TPSA) is 37.3 Å². The van der Waals surface area contributed by atoms with Gasteiger partial charge in [0.1, 0.15) is 0 Å². The van der Waals surface area contributed by atoms with E-state index in [1.54, 1.807) is 0 Å². The van der Waals surface area contributed by atoms with Crippen LogP contribution >= 0.6 is 0 Å². The van der Waals surface area contributed by atoms with Crippen molar-refractivity contribution in [1.29, 1.82) is 0 Å². The summed E-state index contributed by atoms with van der Waals surface area (Å²) < 4.78 is 16.0. The molecule has 1 N–H and O–H groups in total. The Labute approximate surface area is 142 Å². The normalized spacial score (nSPS) is 14.4. The Morgan fingerprint density at radius 2 is 1.26 bits per heavy atom. The molecule has 2 atom stereocenters. The van der Waals surface area contributed by atoms with Crippen LogP contribution < -0.4 is 8.70 Å². The number of hydrogen-bond donors (Lipinski definition) is 1. The fraction of sp³-hybridized carbons (Fsp3) is 0.400. The van der Waals surface area contributed by atoms with Crippen LogP contribution in [-0.2, 0) is 3.74 Å². The molecule has 0 bridgehead atoms. The van der Waals surface area contributed by atoms with Crippen molar-refractivity contribution >= 4 is 22.2 Å². The summed E-state index contributed by atoms with van der Waals surface area (Å²) in [5.41, 5.74) is 0. The molecule has 0 fully saturated rings. The maximum atomic E-state index is 14.3. The maximum absolute atomic E-state index is 14.3. The van der Waals surface area contributed by atoms with Gasteiger partial charge in [0, 0.05) is 0 Å². The molecular formula is C20H27AsO2. The average molecular weight is 374 g/mol. The van der Waals surface area contributed by atoms with Crippen LogP contribution in [-0.4, -0.2) is 24.7 Å². The van der Waals surface area contributed by atoms with Gasteiger partial charge >= 0.3 is 142 Å². The van der Waals surface area contributed by atoms with Gasteiger partial charge in [0.2, 0.25) is 0 Å². The quantitative estimate of drug-likeness (QED) is 0.718. The third-order valence-electron chi connectivity index (χ3n) is 4.36. The molecule has 0 aliphatic rings. The summed E-state index contributed by atoms with van der Waals surface area (Å²) >= 11 is -3.69. The predicted octanol–water partition coefficient (Wildman–Crippen LogP) is 3.51. The number of hydrogen-bond acceptors (Lipinski definition) is 2. The average Bonchev–Trinajstić information content (AvgIpc) is 2.60. The monoisotopic (exact) mass is 374 g/mol. The molecule has 0 radical (unpaired) electrons. The van der Waals surface area contributed by atoms with Crippen LogP contribution in [0.15, 0.2) is 60.7 Å². The van der Waals surface area contributed by atoms with Crippen molar-refractivity contribution in [2.45, 2.75) is 50.3 Å². The molecule has 0 saturated carbocycles. The van der Waals surface area contributed by atoms with Gasteiger partial charge in [0.25, 0.3) is 0 Å². The summed E-state index contributed by atoms with van der Waals surface area (Å²) in [6.07, 6.45) is 2.82. The van der Waals surface area contributed by atoms with Crippen LogP contribution in [0, 0.1) is 0 Å². The molecule has 0 amide bonds. The van der Waals surface area contributed by atoms with Gasteiger partial charge in [0.05, 0.1) is 0 Å². The van der Waals surface area contributed by atoms with Crippen molar-refractivity contribution in [3.8, 4) is 0 Å². The Hall–Kier alpha value is -1.24. The first-order valence-corrected chi connectivity index (χ1v) is 12.3. The number of benzene rings is 2. The molecular weight excluding hydrogens is 347 g/mol. The van der Waals surface area contributed by atoms with Crippen molar-refractivity contribution in [3.63, 3.8) is 0 Å². The molecule has 2 aromatic carbocycles. The molecule has 2 unspecified atom stereocenters. The van der Waals surface area contributed by atoms with E-state index in [9.17, 15) is 8.85 Å². The number of aliphatic hydroxyl groups is 1. The first kappa shape index (κ1) is 18.1. The van der Waals surface area contributed by atoms with E-state index >= 15 is 0 Å². The molecule has 0 aliphatic heterocycles. The third-order valence-corrected chi connectivity index (χ3v) is 12.1. The van der Waals surface area contributed by atoms with Crippen molar-refractivity contribution in [2.75, 3.05) is 0 Å². The van der Waals surface area contributed by atoms with Crippen LogP contribution in [0.25, 0.3) is 0 Å². The molecule has 3 heteroatoms. The predicted molar refractivity (Wildman–Crippen MR) is 98.2 cm³/mol. The van der Waals surface area contributed by atoms with Gasteiger partial charge in [0.15, 0.2) is 0 Å². The van der Waals surface area contributed by atoms with Crippen LogP contribution in [0.4, 0.5) is 0 Å². The van der Waals surface area contributed by atoms with Gasteiger partial charge in [-0.15, -0.1) is 0 Å². The third kappa shape index (κ3) is 4.00. The first-order valence-electron chi connectivity index (χ1n) is 8.53. The van der Waals surface area contributed by atoms with Crippen molar-refractivity contribution in [2.24, 2.45) is 0 Å². The van der Waals surface area contributed by atoms with E-state index in [1.165, 1.54) is 0 Å². The van der Waals surface area contributed by atoms with Gasteiger partial charge in [-0.1, -0.05) is 0 Å². The fourth-order valence-electron chi connectivity index (χ4n) is 3.23. The van der Waals surface area contributed by atoms with E-state index in [0.717, 1.165) is 28.0 Å². The molecule has 0 heterocycles. The summed E-state index contributed by atoms with van der Waals surface area (Å²) in [6.45, 7) is 4.16. The molecule has 0 aliphatic carbocycles.